The average Bonchev–Trinajstić information content (AvgIpc) is 2.44. The topological polar surface area (TPSA) is 16.8 Å². The van der Waals surface area contributed by atoms with Crippen molar-refractivity contribution in [1.82, 2.24) is 4.98 Å². The van der Waals surface area contributed by atoms with E-state index in [4.69, 9.17) is 0 Å². The first-order chi connectivity index (χ1) is 9.65. The molecule has 0 amide bonds. The second-order valence-electron chi connectivity index (χ2n) is 4.74. The van der Waals surface area contributed by atoms with Gasteiger partial charge < -0.3 is 0 Å². The van der Waals surface area contributed by atoms with Crippen molar-refractivity contribution in [1.29, 1.82) is 0 Å². The maximum Gasteiger partial charge on any atom is 0.362 e. The molecule has 3 rings (SSSR count). The van der Waals surface area contributed by atoms with Crippen LogP contribution in [-0.2, 0) is 6.54 Å². The van der Waals surface area contributed by atoms with Crippen molar-refractivity contribution < 1.29 is 8.96 Å². The molecule has 3 aromatic rings. The molecule has 0 bridgehead atoms. The van der Waals surface area contributed by atoms with E-state index in [0.29, 0.717) is 12.1 Å². The first-order valence-corrected chi connectivity index (χ1v) is 7.13. The number of aromatic nitrogens is 2. The molecule has 1 aromatic carbocycles. The van der Waals surface area contributed by atoms with Crippen LogP contribution in [0.1, 0.15) is 11.1 Å². The van der Waals surface area contributed by atoms with Gasteiger partial charge in [0.2, 0.25) is 0 Å². The summed E-state index contributed by atoms with van der Waals surface area (Å²) in [5.41, 5.74) is 2.52. The van der Waals surface area contributed by atoms with E-state index in [0.717, 1.165) is 21.1 Å². The lowest BCUT2D eigenvalue weighted by atomic mass is 10.1. The summed E-state index contributed by atoms with van der Waals surface area (Å²) in [4.78, 5) is 4.50. The Kier molecular flexibility index (Phi) is 3.49. The number of pyridine rings is 2. The SMILES string of the molecule is Cc1ccc[n+](Cc2cc3ccccc3nc2Br)c1F. The van der Waals surface area contributed by atoms with Gasteiger partial charge >= 0.3 is 5.95 Å². The summed E-state index contributed by atoms with van der Waals surface area (Å²) < 4.78 is 16.4. The Labute approximate surface area is 125 Å². The van der Waals surface area contributed by atoms with E-state index >= 15 is 0 Å². The van der Waals surface area contributed by atoms with Crippen LogP contribution in [0.3, 0.4) is 0 Å². The monoisotopic (exact) mass is 331 g/mol. The van der Waals surface area contributed by atoms with Crippen molar-refractivity contribution in [3.8, 4) is 0 Å². The van der Waals surface area contributed by atoms with Crippen LogP contribution in [0.25, 0.3) is 10.9 Å². The minimum Gasteiger partial charge on any atom is -0.240 e. The third-order valence-corrected chi connectivity index (χ3v) is 3.97. The average molecular weight is 332 g/mol. The Morgan fingerprint density at radius 3 is 2.85 bits per heavy atom. The molecule has 0 atom stereocenters. The Morgan fingerprint density at radius 2 is 2.00 bits per heavy atom. The lowest BCUT2D eigenvalue weighted by molar-refractivity contribution is -0.716. The van der Waals surface area contributed by atoms with E-state index in [1.54, 1.807) is 23.8 Å². The molecule has 2 heterocycles. The van der Waals surface area contributed by atoms with Crippen LogP contribution in [0, 0.1) is 12.9 Å². The summed E-state index contributed by atoms with van der Waals surface area (Å²) in [5, 5.41) is 1.05. The van der Waals surface area contributed by atoms with E-state index in [-0.39, 0.29) is 5.95 Å². The summed E-state index contributed by atoms with van der Waals surface area (Å²) in [6, 6.07) is 13.6. The Hall–Kier alpha value is -1.81. The molecule has 0 saturated heterocycles. The quantitative estimate of drug-likeness (QED) is 0.515. The van der Waals surface area contributed by atoms with Gasteiger partial charge in [-0.25, -0.2) is 4.98 Å². The fraction of sp³-hybridized carbons (Fsp3) is 0.125. The van der Waals surface area contributed by atoms with Gasteiger partial charge in [0.1, 0.15) is 4.60 Å². The molecule has 2 aromatic heterocycles. The van der Waals surface area contributed by atoms with Crippen LogP contribution in [0.5, 0.6) is 0 Å². The Bertz CT molecular complexity index is 787. The van der Waals surface area contributed by atoms with E-state index in [1.807, 2.05) is 36.4 Å². The fourth-order valence-electron chi connectivity index (χ4n) is 2.20. The molecule has 0 saturated carbocycles. The van der Waals surface area contributed by atoms with Gasteiger partial charge in [-0.15, -0.1) is 4.39 Å². The smallest absolute Gasteiger partial charge is 0.240 e. The lowest BCUT2D eigenvalue weighted by Crippen LogP contribution is -2.39. The molecule has 20 heavy (non-hydrogen) atoms. The molecule has 0 aliphatic rings. The molecule has 0 fully saturated rings. The standard InChI is InChI=1S/C16H13BrFN2/c1-11-5-4-8-20(16(11)18)10-13-9-12-6-2-3-7-14(12)19-15(13)17/h2-9H,10H2,1H3/q+1. The summed E-state index contributed by atoms with van der Waals surface area (Å²) in [6.07, 6.45) is 1.74. The normalized spacial score (nSPS) is 10.9. The van der Waals surface area contributed by atoms with Crippen molar-refractivity contribution in [2.45, 2.75) is 13.5 Å². The summed E-state index contributed by atoms with van der Waals surface area (Å²) >= 11 is 3.47. The second kappa shape index (κ2) is 5.29. The molecule has 2 nitrogen and oxygen atoms in total. The first-order valence-electron chi connectivity index (χ1n) is 6.34. The van der Waals surface area contributed by atoms with Crippen LogP contribution < -0.4 is 4.57 Å². The third-order valence-electron chi connectivity index (χ3n) is 3.28. The molecule has 0 radical (unpaired) electrons. The van der Waals surface area contributed by atoms with E-state index in [2.05, 4.69) is 20.9 Å². The predicted molar refractivity (Wildman–Crippen MR) is 79.9 cm³/mol. The Balaban J connectivity index is 2.06. The van der Waals surface area contributed by atoms with Crippen LogP contribution in [0.4, 0.5) is 4.39 Å². The third kappa shape index (κ3) is 2.43. The number of halogens is 2. The number of fused-ring (bicyclic) bond motifs is 1. The minimum absolute atomic E-state index is 0.215. The molecular weight excluding hydrogens is 319 g/mol. The maximum absolute atomic E-state index is 14.1. The molecule has 0 aliphatic heterocycles. The van der Waals surface area contributed by atoms with E-state index in [9.17, 15) is 4.39 Å². The zero-order valence-electron chi connectivity index (χ0n) is 11.0. The number of para-hydroxylation sites is 1. The summed E-state index contributed by atoms with van der Waals surface area (Å²) in [5.74, 6) is -0.215. The van der Waals surface area contributed by atoms with Gasteiger partial charge in [-0.1, -0.05) is 18.2 Å². The molecular formula is C16H13BrFN2+. The number of aryl methyl sites for hydroxylation is 1. The summed E-state index contributed by atoms with van der Waals surface area (Å²) in [6.45, 7) is 2.21. The van der Waals surface area contributed by atoms with Crippen molar-refractivity contribution in [2.24, 2.45) is 0 Å². The van der Waals surface area contributed by atoms with Gasteiger partial charge in [-0.3, -0.25) is 0 Å². The highest BCUT2D eigenvalue weighted by Gasteiger charge is 2.15. The van der Waals surface area contributed by atoms with Crippen LogP contribution in [0.2, 0.25) is 0 Å². The van der Waals surface area contributed by atoms with Gasteiger partial charge in [-0.05, 0) is 41.1 Å². The van der Waals surface area contributed by atoms with Crippen LogP contribution in [0.15, 0.2) is 53.3 Å². The minimum atomic E-state index is -0.215. The van der Waals surface area contributed by atoms with Crippen molar-refractivity contribution >= 4 is 26.8 Å². The van der Waals surface area contributed by atoms with Gasteiger partial charge in [-0.2, -0.15) is 4.57 Å². The number of benzene rings is 1. The Morgan fingerprint density at radius 1 is 1.20 bits per heavy atom. The first kappa shape index (κ1) is 13.2. The second-order valence-corrected chi connectivity index (χ2v) is 5.49. The van der Waals surface area contributed by atoms with Crippen molar-refractivity contribution in [3.63, 3.8) is 0 Å². The predicted octanol–water partition coefficient (Wildman–Crippen LogP) is 3.78. The summed E-state index contributed by atoms with van der Waals surface area (Å²) in [7, 11) is 0. The highest BCUT2D eigenvalue weighted by molar-refractivity contribution is 9.10. The van der Waals surface area contributed by atoms with E-state index < -0.39 is 0 Å². The molecule has 0 N–H and O–H groups in total. The zero-order chi connectivity index (χ0) is 14.1. The van der Waals surface area contributed by atoms with Crippen molar-refractivity contribution in [2.75, 3.05) is 0 Å². The maximum atomic E-state index is 14.1. The van der Waals surface area contributed by atoms with E-state index in [1.165, 1.54) is 0 Å². The fourth-order valence-corrected chi connectivity index (χ4v) is 2.64. The van der Waals surface area contributed by atoms with Gasteiger partial charge in [0.25, 0.3) is 0 Å². The number of hydrogen-bond donors (Lipinski definition) is 0. The molecule has 4 heteroatoms. The zero-order valence-corrected chi connectivity index (χ0v) is 12.6. The van der Waals surface area contributed by atoms with Crippen LogP contribution >= 0.6 is 15.9 Å². The number of nitrogens with zero attached hydrogens (tertiary/aromatic N) is 2. The molecule has 0 aliphatic carbocycles. The van der Waals surface area contributed by atoms with Gasteiger partial charge in [0, 0.05) is 11.5 Å². The van der Waals surface area contributed by atoms with Gasteiger partial charge in [0.15, 0.2) is 12.7 Å². The van der Waals surface area contributed by atoms with Gasteiger partial charge in [0.05, 0.1) is 16.6 Å². The lowest BCUT2D eigenvalue weighted by Gasteiger charge is -2.05. The molecule has 100 valence electrons. The number of rotatable bonds is 2. The highest BCUT2D eigenvalue weighted by atomic mass is 79.9. The van der Waals surface area contributed by atoms with Crippen molar-refractivity contribution in [3.05, 3.63) is 70.3 Å². The molecule has 0 unspecified atom stereocenters. The highest BCUT2D eigenvalue weighted by Crippen LogP contribution is 2.20. The van der Waals surface area contributed by atoms with Crippen LogP contribution in [-0.4, -0.2) is 4.98 Å². The molecule has 0 spiro atoms. The number of hydrogen-bond acceptors (Lipinski definition) is 1. The largest absolute Gasteiger partial charge is 0.362 e.